The van der Waals surface area contributed by atoms with Crippen LogP contribution in [-0.2, 0) is 4.79 Å². The lowest BCUT2D eigenvalue weighted by Gasteiger charge is -2.33. The molecule has 0 saturated carbocycles. The summed E-state index contributed by atoms with van der Waals surface area (Å²) >= 11 is 0. The van der Waals surface area contributed by atoms with Crippen molar-refractivity contribution in [2.75, 3.05) is 0 Å². The van der Waals surface area contributed by atoms with Crippen molar-refractivity contribution < 1.29 is 9.90 Å². The Kier molecular flexibility index (Phi) is 5.14. The van der Waals surface area contributed by atoms with Crippen LogP contribution in [0.25, 0.3) is 0 Å². The molecule has 0 aliphatic carbocycles. The van der Waals surface area contributed by atoms with Crippen molar-refractivity contribution in [3.05, 3.63) is 0 Å². The van der Waals surface area contributed by atoms with E-state index >= 15 is 0 Å². The molecule has 0 aromatic carbocycles. The highest BCUT2D eigenvalue weighted by Gasteiger charge is 2.47. The van der Waals surface area contributed by atoms with Gasteiger partial charge in [0.1, 0.15) is 0 Å². The molecule has 0 rings (SSSR count). The summed E-state index contributed by atoms with van der Waals surface area (Å²) < 4.78 is 0. The van der Waals surface area contributed by atoms with Crippen LogP contribution in [0, 0.1) is 45.3 Å². The van der Waals surface area contributed by atoms with Crippen molar-refractivity contribution in [1.82, 2.24) is 0 Å². The highest BCUT2D eigenvalue weighted by molar-refractivity contribution is 5.84. The van der Waals surface area contributed by atoms with Gasteiger partial charge in [-0.2, -0.15) is 0 Å². The molecule has 0 radical (unpaired) electrons. The topological polar surface area (TPSA) is 37.3 Å². The van der Waals surface area contributed by atoms with Crippen molar-refractivity contribution in [3.8, 4) is 23.7 Å². The summed E-state index contributed by atoms with van der Waals surface area (Å²) in [6.07, 6.45) is 0. The summed E-state index contributed by atoms with van der Waals surface area (Å²) in [5.41, 5.74) is -2.44. The Balaban J connectivity index is 6.19. The standard InChI is InChI=1S/C18H28O2/c1-15(2,3)10-12-18(14(19)20,17(7,8)9)13-11-16(4,5)6/h1-9H3,(H,19,20). The van der Waals surface area contributed by atoms with Gasteiger partial charge in [-0.25, -0.2) is 4.79 Å². The van der Waals surface area contributed by atoms with Gasteiger partial charge < -0.3 is 5.11 Å². The maximum Gasteiger partial charge on any atom is 0.334 e. The van der Waals surface area contributed by atoms with Crippen LogP contribution < -0.4 is 0 Å². The number of aliphatic carboxylic acids is 1. The third-order valence-electron chi connectivity index (χ3n) is 2.70. The monoisotopic (exact) mass is 276 g/mol. The Labute approximate surface area is 124 Å². The zero-order valence-corrected chi connectivity index (χ0v) is 14.4. The van der Waals surface area contributed by atoms with E-state index in [-0.39, 0.29) is 10.8 Å². The SMILES string of the molecule is CC(C)(C)C#CC(C#CC(C)(C)C)(C(=O)O)C(C)(C)C. The van der Waals surface area contributed by atoms with Gasteiger partial charge in [0, 0.05) is 16.2 Å². The molecule has 112 valence electrons. The third kappa shape index (κ3) is 5.30. The molecule has 0 aliphatic heterocycles. The van der Waals surface area contributed by atoms with Crippen molar-refractivity contribution >= 4 is 5.97 Å². The smallest absolute Gasteiger partial charge is 0.334 e. The van der Waals surface area contributed by atoms with E-state index in [1.807, 2.05) is 62.3 Å². The van der Waals surface area contributed by atoms with Gasteiger partial charge in [-0.3, -0.25) is 0 Å². The number of rotatable bonds is 1. The van der Waals surface area contributed by atoms with E-state index in [1.54, 1.807) is 0 Å². The number of carbonyl (C=O) groups is 1. The summed E-state index contributed by atoms with van der Waals surface area (Å²) in [4.78, 5) is 11.9. The first-order valence-electron chi connectivity index (χ1n) is 6.93. The van der Waals surface area contributed by atoms with Gasteiger partial charge in [0.25, 0.3) is 0 Å². The van der Waals surface area contributed by atoms with Crippen molar-refractivity contribution in [2.24, 2.45) is 21.7 Å². The van der Waals surface area contributed by atoms with Crippen LogP contribution in [0.4, 0.5) is 0 Å². The van der Waals surface area contributed by atoms with Gasteiger partial charge >= 0.3 is 5.97 Å². The van der Waals surface area contributed by atoms with Crippen LogP contribution >= 0.6 is 0 Å². The average Bonchev–Trinajstić information content (AvgIpc) is 2.11. The summed E-state index contributed by atoms with van der Waals surface area (Å²) in [5, 5.41) is 9.75. The fourth-order valence-corrected chi connectivity index (χ4v) is 1.40. The number of hydrogen-bond acceptors (Lipinski definition) is 1. The molecular weight excluding hydrogens is 248 g/mol. The molecule has 0 aliphatic rings. The minimum absolute atomic E-state index is 0.255. The van der Waals surface area contributed by atoms with E-state index in [1.165, 1.54) is 0 Å². The lowest BCUT2D eigenvalue weighted by atomic mass is 9.66. The van der Waals surface area contributed by atoms with E-state index in [0.717, 1.165) is 0 Å². The Morgan fingerprint density at radius 1 is 0.700 bits per heavy atom. The second-order valence-electron chi connectivity index (χ2n) is 8.31. The Bertz CT molecular complexity index is 450. The molecule has 0 spiro atoms. The predicted molar refractivity (Wildman–Crippen MR) is 84.0 cm³/mol. The van der Waals surface area contributed by atoms with E-state index in [0.29, 0.717) is 0 Å². The lowest BCUT2D eigenvalue weighted by Crippen LogP contribution is -2.41. The van der Waals surface area contributed by atoms with Gasteiger partial charge in [-0.05, 0) is 41.5 Å². The van der Waals surface area contributed by atoms with Crippen LogP contribution in [0.2, 0.25) is 0 Å². The molecule has 0 unspecified atom stereocenters. The lowest BCUT2D eigenvalue weighted by molar-refractivity contribution is -0.146. The minimum atomic E-state index is -1.35. The van der Waals surface area contributed by atoms with Gasteiger partial charge in [0.15, 0.2) is 5.41 Å². The van der Waals surface area contributed by atoms with Crippen molar-refractivity contribution in [1.29, 1.82) is 0 Å². The van der Waals surface area contributed by atoms with E-state index in [4.69, 9.17) is 0 Å². The maximum atomic E-state index is 11.9. The molecule has 0 heterocycles. The first-order valence-corrected chi connectivity index (χ1v) is 6.93. The second-order valence-corrected chi connectivity index (χ2v) is 8.31. The molecule has 0 fully saturated rings. The summed E-state index contributed by atoms with van der Waals surface area (Å²) in [5.74, 6) is 11.1. The third-order valence-corrected chi connectivity index (χ3v) is 2.70. The molecule has 2 heteroatoms. The summed E-state index contributed by atoms with van der Waals surface area (Å²) in [6.45, 7) is 17.4. The van der Waals surface area contributed by atoms with Crippen LogP contribution in [-0.4, -0.2) is 11.1 Å². The van der Waals surface area contributed by atoms with E-state index in [9.17, 15) is 9.90 Å². The summed E-state index contributed by atoms with van der Waals surface area (Å²) in [6, 6.07) is 0. The average molecular weight is 276 g/mol. The highest BCUT2D eigenvalue weighted by atomic mass is 16.4. The normalized spacial score (nSPS) is 12.8. The fourth-order valence-electron chi connectivity index (χ4n) is 1.40. The molecule has 0 saturated heterocycles. The van der Waals surface area contributed by atoms with Crippen LogP contribution in [0.3, 0.4) is 0 Å². The molecule has 0 aromatic heterocycles. The first kappa shape index (κ1) is 18.6. The minimum Gasteiger partial charge on any atom is -0.479 e. The quantitative estimate of drug-likeness (QED) is 0.729. The first-order chi connectivity index (χ1) is 8.61. The Morgan fingerprint density at radius 2 is 1.00 bits per heavy atom. The van der Waals surface area contributed by atoms with Crippen molar-refractivity contribution in [2.45, 2.75) is 62.3 Å². The molecule has 20 heavy (non-hydrogen) atoms. The second kappa shape index (κ2) is 5.53. The zero-order chi connectivity index (χ0) is 16.4. The van der Waals surface area contributed by atoms with Gasteiger partial charge in [-0.1, -0.05) is 44.5 Å². The molecule has 1 N–H and O–H groups in total. The van der Waals surface area contributed by atoms with Gasteiger partial charge in [0.2, 0.25) is 0 Å². The molecule has 0 amide bonds. The van der Waals surface area contributed by atoms with Gasteiger partial charge in [0.05, 0.1) is 0 Å². The predicted octanol–water partition coefficient (Wildman–Crippen LogP) is 4.20. The van der Waals surface area contributed by atoms with Crippen LogP contribution in [0.1, 0.15) is 62.3 Å². The van der Waals surface area contributed by atoms with E-state index in [2.05, 4.69) is 23.7 Å². The Hall–Kier alpha value is -1.41. The molecule has 2 nitrogen and oxygen atoms in total. The van der Waals surface area contributed by atoms with Crippen LogP contribution in [0.5, 0.6) is 0 Å². The molecular formula is C18H28O2. The number of carboxylic acid groups (broad SMARTS) is 1. The largest absolute Gasteiger partial charge is 0.479 e. The molecule has 0 aromatic rings. The fraction of sp³-hybridized carbons (Fsp3) is 0.722. The summed E-state index contributed by atoms with van der Waals surface area (Å²) in [7, 11) is 0. The highest BCUT2D eigenvalue weighted by Crippen LogP contribution is 2.39. The van der Waals surface area contributed by atoms with Crippen LogP contribution in [0.15, 0.2) is 0 Å². The van der Waals surface area contributed by atoms with Gasteiger partial charge in [-0.15, -0.1) is 0 Å². The Morgan fingerprint density at radius 3 is 1.15 bits per heavy atom. The zero-order valence-electron chi connectivity index (χ0n) is 14.4. The number of carboxylic acids is 1. The number of hydrogen-bond donors (Lipinski definition) is 1. The maximum absolute atomic E-state index is 11.9. The van der Waals surface area contributed by atoms with Crippen molar-refractivity contribution in [3.63, 3.8) is 0 Å². The molecule has 0 bridgehead atoms. The molecule has 0 atom stereocenters. The van der Waals surface area contributed by atoms with E-state index < -0.39 is 16.8 Å².